The van der Waals surface area contributed by atoms with Crippen LogP contribution >= 0.6 is 0 Å². The van der Waals surface area contributed by atoms with Crippen LogP contribution in [0.2, 0.25) is 0 Å². The molecule has 0 unspecified atom stereocenters. The summed E-state index contributed by atoms with van der Waals surface area (Å²) in [5, 5.41) is 22.1. The van der Waals surface area contributed by atoms with Crippen molar-refractivity contribution in [1.29, 1.82) is 0 Å². The number of carbonyl (C=O) groups excluding carboxylic acids is 2. The highest BCUT2D eigenvalue weighted by molar-refractivity contribution is 5.94. The summed E-state index contributed by atoms with van der Waals surface area (Å²) in [6.45, 7) is 43.9. The fourth-order valence-electron chi connectivity index (χ4n) is 6.42. The number of carbonyl (C=O) groups is 2. The molecule has 5 rings (SSSR count). The predicted octanol–water partition coefficient (Wildman–Crippen LogP) is 16.9. The number of nitrogens with one attached hydrogen (secondary N) is 2. The molecule has 0 spiro atoms. The number of aliphatic hydroxyl groups is 2. The molecule has 464 valence electrons. The van der Waals surface area contributed by atoms with Crippen LogP contribution in [0.15, 0.2) is 91.0 Å². The molecule has 81 heavy (non-hydrogen) atoms. The third-order valence-electron chi connectivity index (χ3n) is 10.8. The molecule has 2 fully saturated rings. The van der Waals surface area contributed by atoms with Crippen molar-refractivity contribution < 1.29 is 34.0 Å². The minimum absolute atomic E-state index is 0.00861. The Morgan fingerprint density at radius 3 is 1.30 bits per heavy atom. The fraction of sp³-hybridized carbons (Fsp3) is 0.667. The molecule has 2 amide bonds. The first-order valence-electron chi connectivity index (χ1n) is 30.9. The molecule has 2 aliphatic carbocycles. The Hall–Kier alpha value is -4.48. The number of hydrogen-bond acceptors (Lipinski definition) is 7. The van der Waals surface area contributed by atoms with Gasteiger partial charge >= 0.3 is 0 Å². The van der Waals surface area contributed by atoms with Gasteiger partial charge in [-0.2, -0.15) is 0 Å². The van der Waals surface area contributed by atoms with Crippen LogP contribution < -0.4 is 10.6 Å². The minimum Gasteiger partial charge on any atom is -0.396 e. The van der Waals surface area contributed by atoms with Crippen LogP contribution in [0.1, 0.15) is 223 Å². The third-order valence-corrected chi connectivity index (χ3v) is 10.8. The molecule has 4 N–H and O–H groups in total. The molecule has 0 heterocycles. The van der Waals surface area contributed by atoms with Gasteiger partial charge < -0.3 is 35.1 Å². The molecule has 2 aliphatic rings. The van der Waals surface area contributed by atoms with Gasteiger partial charge in [0.05, 0.1) is 19.3 Å². The van der Waals surface area contributed by atoms with Crippen LogP contribution in [0.5, 0.6) is 0 Å². The molecule has 0 radical (unpaired) electrons. The van der Waals surface area contributed by atoms with Crippen molar-refractivity contribution >= 4 is 11.8 Å². The largest absolute Gasteiger partial charge is 0.396 e. The van der Waals surface area contributed by atoms with Crippen LogP contribution in [-0.4, -0.2) is 87.5 Å². The average molecular weight is 1130 g/mol. The van der Waals surface area contributed by atoms with E-state index in [4.69, 9.17) is 24.4 Å². The zero-order valence-corrected chi connectivity index (χ0v) is 55.5. The lowest BCUT2D eigenvalue weighted by Gasteiger charge is -2.21. The fourth-order valence-corrected chi connectivity index (χ4v) is 6.42. The third kappa shape index (κ3) is 67.9. The van der Waals surface area contributed by atoms with Crippen LogP contribution in [0.4, 0.5) is 0 Å². The van der Waals surface area contributed by atoms with Crippen molar-refractivity contribution in [3.8, 4) is 23.7 Å². The molecule has 3 aromatic carbocycles. The van der Waals surface area contributed by atoms with Gasteiger partial charge in [-0.25, -0.2) is 0 Å². The van der Waals surface area contributed by atoms with E-state index >= 15 is 0 Å². The molecule has 3 aromatic rings. The van der Waals surface area contributed by atoms with Crippen LogP contribution in [-0.2, 0) is 19.0 Å². The zero-order valence-electron chi connectivity index (χ0n) is 55.5. The highest BCUT2D eigenvalue weighted by Crippen LogP contribution is 2.24. The summed E-state index contributed by atoms with van der Waals surface area (Å²) in [7, 11) is 1.70. The Labute approximate surface area is 500 Å². The number of hydrogen-bond donors (Lipinski definition) is 4. The Morgan fingerprint density at radius 2 is 0.926 bits per heavy atom. The van der Waals surface area contributed by atoms with Gasteiger partial charge in [0.15, 0.2) is 0 Å². The first-order valence-corrected chi connectivity index (χ1v) is 30.9. The highest BCUT2D eigenvalue weighted by atomic mass is 16.5. The van der Waals surface area contributed by atoms with Crippen LogP contribution in [0, 0.1) is 71.0 Å². The van der Waals surface area contributed by atoms with Gasteiger partial charge in [-0.05, 0) is 125 Å². The van der Waals surface area contributed by atoms with E-state index in [1.165, 1.54) is 56.9 Å². The summed E-state index contributed by atoms with van der Waals surface area (Å²) in [4.78, 5) is 23.0. The summed E-state index contributed by atoms with van der Waals surface area (Å²) in [5.74, 6) is 17.9. The number of methoxy groups -OCH3 is 1. The molecular formula is C72H124N2O7. The summed E-state index contributed by atoms with van der Waals surface area (Å²) in [6, 6.07) is 29.7. The second kappa shape index (κ2) is 58.7. The van der Waals surface area contributed by atoms with Gasteiger partial charge in [-0.3, -0.25) is 9.59 Å². The summed E-state index contributed by atoms with van der Waals surface area (Å²) < 4.78 is 15.5. The van der Waals surface area contributed by atoms with Gasteiger partial charge in [0.2, 0.25) is 5.91 Å². The first-order chi connectivity index (χ1) is 38.3. The lowest BCUT2D eigenvalue weighted by Crippen LogP contribution is -2.34. The maximum absolute atomic E-state index is 11.6. The SMILES string of the molecule is CC(C)C.CC(C)CNC(=O)C1CCCCC1.CC(C)CNC(=O)c1ccccc1.CC(C)CO.CC(C)COCC#CC1CCCCC1.CC(C)COCC#Cc1ccccc1.CC(C)O.CC(C)c1ccccc1.COC(C)C. The maximum Gasteiger partial charge on any atom is 0.251 e. The van der Waals surface area contributed by atoms with Crippen LogP contribution in [0.25, 0.3) is 0 Å². The summed E-state index contributed by atoms with van der Waals surface area (Å²) in [6.07, 6.45) is 12.9. The predicted molar refractivity (Wildman–Crippen MR) is 349 cm³/mol. The van der Waals surface area contributed by atoms with E-state index < -0.39 is 0 Å². The summed E-state index contributed by atoms with van der Waals surface area (Å²) in [5.41, 5.74) is 3.18. The molecule has 0 atom stereocenters. The molecular weight excluding hydrogens is 1000 g/mol. The van der Waals surface area contributed by atoms with Crippen molar-refractivity contribution in [2.75, 3.05) is 53.2 Å². The lowest BCUT2D eigenvalue weighted by molar-refractivity contribution is -0.126. The quantitative estimate of drug-likeness (QED) is 0.0882. The zero-order chi connectivity index (χ0) is 62.2. The van der Waals surface area contributed by atoms with E-state index in [0.717, 1.165) is 56.2 Å². The number of ether oxygens (including phenoxy) is 3. The average Bonchev–Trinajstić information content (AvgIpc) is 3.43. The minimum atomic E-state index is -0.167. The monoisotopic (exact) mass is 1130 g/mol. The molecule has 0 saturated heterocycles. The van der Waals surface area contributed by atoms with Crippen molar-refractivity contribution in [2.24, 2.45) is 47.3 Å². The standard InChI is InChI=1S/C13H22O.C13H16O.C11H21NO.C11H15NO.C9H12.2C4H10O.C4H10.C3H8O/c2*1-12(2)11-14-10-6-9-13-7-4-3-5-8-13;2*1-9(2)8-12-11(13)10-6-4-3-5-7-10;1-8(2)9-6-4-3-5-7-9;1-4(2)5-3;1-4(2)3-5;1-4(2)3;1-3(2)4/h12-13H,3-5,7-8,10-11H2,1-2H3;3-5,7-8,12H,10-11H2,1-2H3;9-10H,3-8H2,1-2H3,(H,12,13);3-7,9H,8H2,1-2H3,(H,12,13);3-8H,1-2H3;4H,1-3H3;4-5H,3H2,1-2H3;4H,1-3H3;3-4H,1-2H3. The number of rotatable bonds is 15. The van der Waals surface area contributed by atoms with E-state index in [-0.39, 0.29) is 17.9 Å². The maximum atomic E-state index is 11.6. The number of benzene rings is 3. The van der Waals surface area contributed by atoms with E-state index in [1.54, 1.807) is 21.0 Å². The second-order valence-electron chi connectivity index (χ2n) is 24.3. The Kier molecular flexibility index (Phi) is 60.1. The molecule has 0 aromatic heterocycles. The van der Waals surface area contributed by atoms with Gasteiger partial charge in [0.25, 0.3) is 5.91 Å². The first kappa shape index (κ1) is 83.0. The van der Waals surface area contributed by atoms with Gasteiger partial charge in [-0.15, -0.1) is 0 Å². The Balaban J connectivity index is -0.000000427. The molecule has 9 nitrogen and oxygen atoms in total. The smallest absolute Gasteiger partial charge is 0.251 e. The van der Waals surface area contributed by atoms with E-state index in [2.05, 4.69) is 149 Å². The van der Waals surface area contributed by atoms with E-state index in [0.29, 0.717) is 73.3 Å². The topological polar surface area (TPSA) is 126 Å². The highest BCUT2D eigenvalue weighted by Gasteiger charge is 2.20. The van der Waals surface area contributed by atoms with Crippen molar-refractivity contribution in [1.82, 2.24) is 10.6 Å². The second-order valence-corrected chi connectivity index (χ2v) is 24.3. The number of amides is 2. The molecule has 0 bridgehead atoms. The number of aliphatic hydroxyl groups excluding tert-OH is 2. The van der Waals surface area contributed by atoms with Gasteiger partial charge in [0, 0.05) is 55.9 Å². The van der Waals surface area contributed by atoms with Crippen molar-refractivity contribution in [2.45, 2.75) is 214 Å². The van der Waals surface area contributed by atoms with E-state index in [1.807, 2.05) is 94.4 Å². The molecule has 0 aliphatic heterocycles. The normalized spacial score (nSPS) is 12.6. The molecule has 9 heteroatoms. The Bertz CT molecular complexity index is 1890. The van der Waals surface area contributed by atoms with Gasteiger partial charge in [0.1, 0.15) is 13.2 Å². The lowest BCUT2D eigenvalue weighted by atomic mass is 9.88. The van der Waals surface area contributed by atoms with E-state index in [9.17, 15) is 9.59 Å². The molecule has 2 saturated carbocycles. The van der Waals surface area contributed by atoms with Crippen molar-refractivity contribution in [3.05, 3.63) is 108 Å². The van der Waals surface area contributed by atoms with Crippen molar-refractivity contribution in [3.63, 3.8) is 0 Å². The van der Waals surface area contributed by atoms with Crippen LogP contribution in [0.3, 0.4) is 0 Å². The van der Waals surface area contributed by atoms with Gasteiger partial charge in [-0.1, -0.05) is 233 Å². The summed E-state index contributed by atoms with van der Waals surface area (Å²) >= 11 is 0. The Morgan fingerprint density at radius 1 is 0.543 bits per heavy atom.